The first-order valence-corrected chi connectivity index (χ1v) is 14.0. The molecular weight excluding hydrogens is 599 g/mol. The molecule has 0 saturated heterocycles. The Bertz CT molecular complexity index is 4070. The van der Waals surface area contributed by atoms with E-state index in [2.05, 4.69) is 15.0 Å². The summed E-state index contributed by atoms with van der Waals surface area (Å²) >= 11 is 0. The molecule has 2 aromatic heterocycles. The third-order valence-electron chi connectivity index (χ3n) is 6.87. The van der Waals surface area contributed by atoms with Crippen LogP contribution in [0.25, 0.3) is 89.5 Å². The van der Waals surface area contributed by atoms with Crippen LogP contribution in [0.1, 0.15) is 39.8 Å². The zero-order valence-corrected chi connectivity index (χ0v) is 24.2. The van der Waals surface area contributed by atoms with E-state index in [1.807, 2.05) is 0 Å². The van der Waals surface area contributed by atoms with E-state index in [0.29, 0.717) is 0 Å². The molecular formula is C45H29N3O. The van der Waals surface area contributed by atoms with Crippen LogP contribution in [0.15, 0.2) is 180 Å². The molecule has 4 heteroatoms. The molecule has 0 aliphatic rings. The summed E-state index contributed by atoms with van der Waals surface area (Å²) in [5, 5.41) is -1.04. The Labute approximate surface area is 324 Å². The van der Waals surface area contributed by atoms with E-state index in [-0.39, 0.29) is 0 Å². The average molecular weight is 657 g/mol. The van der Waals surface area contributed by atoms with Crippen molar-refractivity contribution in [3.8, 4) is 67.5 Å². The van der Waals surface area contributed by atoms with E-state index in [4.69, 9.17) is 33.2 Å². The van der Waals surface area contributed by atoms with Gasteiger partial charge in [-0.15, -0.1) is 0 Å². The van der Waals surface area contributed by atoms with E-state index < -0.39 is 265 Å². The summed E-state index contributed by atoms with van der Waals surface area (Å²) in [4.78, 5) is 12.8. The monoisotopic (exact) mass is 656 g/mol. The smallest absolute Gasteiger partial charge is 0.164 e. The SMILES string of the molecule is [2H]c1c([2H])c([2H])c(-c2nc(-c3c([2H])c([2H])c([2H])c([2H])c3[2H])nc(-c3c([2H])c(-c4c([2H])c([2H])c(-c5c([2H])c([2H])c([2H])c([2H])c5[2H])c([2H])c4[2H])c([2H])c(-c4c([2H])c([2H])c([2H])c5c4oc4c([2H])c([2H])c([2H])c([2H])c45)c3[2H])n2)c([2H])c1[2H]. The van der Waals surface area contributed by atoms with Crippen molar-refractivity contribution in [3.63, 3.8) is 0 Å². The Morgan fingerprint density at radius 3 is 1.43 bits per heavy atom. The third kappa shape index (κ3) is 5.45. The highest BCUT2D eigenvalue weighted by Gasteiger charge is 2.17. The van der Waals surface area contributed by atoms with Gasteiger partial charge in [0.05, 0.1) is 39.8 Å². The first kappa shape index (κ1) is 11.5. The third-order valence-corrected chi connectivity index (χ3v) is 6.87. The highest BCUT2D eigenvalue weighted by molar-refractivity contribution is 6.09. The van der Waals surface area contributed by atoms with Gasteiger partial charge < -0.3 is 4.42 Å². The van der Waals surface area contributed by atoms with Crippen LogP contribution in [0, 0.1) is 0 Å². The zero-order valence-electron chi connectivity index (χ0n) is 53.2. The van der Waals surface area contributed by atoms with Crippen LogP contribution in [0.3, 0.4) is 0 Å². The summed E-state index contributed by atoms with van der Waals surface area (Å²) in [6, 6.07) is -28.1. The number of hydrogen-bond acceptors (Lipinski definition) is 4. The van der Waals surface area contributed by atoms with Gasteiger partial charge in [0.2, 0.25) is 0 Å². The van der Waals surface area contributed by atoms with Crippen molar-refractivity contribution in [3.05, 3.63) is 175 Å². The van der Waals surface area contributed by atoms with E-state index in [1.165, 1.54) is 0 Å². The quantitative estimate of drug-likeness (QED) is 0.179. The normalized spacial score (nSPS) is 19.6. The second-order valence-corrected chi connectivity index (χ2v) is 9.82. The van der Waals surface area contributed by atoms with Crippen molar-refractivity contribution in [2.75, 3.05) is 0 Å². The average Bonchev–Trinajstić information content (AvgIpc) is 4.01. The van der Waals surface area contributed by atoms with Crippen molar-refractivity contribution >= 4 is 21.9 Å². The van der Waals surface area contributed by atoms with Gasteiger partial charge in [0.1, 0.15) is 11.2 Å². The molecule has 2 heterocycles. The molecule has 0 amide bonds. The molecule has 0 atom stereocenters. The van der Waals surface area contributed by atoms with Crippen LogP contribution in [-0.2, 0) is 0 Å². The van der Waals surface area contributed by atoms with Gasteiger partial charge in [-0.3, -0.25) is 0 Å². The second-order valence-electron chi connectivity index (χ2n) is 9.82. The molecule has 0 fully saturated rings. The molecule has 0 spiro atoms. The molecule has 7 aromatic carbocycles. The molecule has 49 heavy (non-hydrogen) atoms. The molecule has 0 aliphatic heterocycles. The second kappa shape index (κ2) is 12.2. The number of rotatable bonds is 6. The van der Waals surface area contributed by atoms with Gasteiger partial charge in [0.25, 0.3) is 0 Å². The zero-order chi connectivity index (χ0) is 57.8. The van der Waals surface area contributed by atoms with Gasteiger partial charge in [-0.25, -0.2) is 15.0 Å². The van der Waals surface area contributed by atoms with Gasteiger partial charge in [-0.2, -0.15) is 0 Å². The lowest BCUT2D eigenvalue weighted by molar-refractivity contribution is 0.670. The minimum atomic E-state index is -1.18. The molecule has 9 aromatic rings. The molecule has 0 radical (unpaired) electrons. The Morgan fingerprint density at radius 1 is 0.347 bits per heavy atom. The maximum Gasteiger partial charge on any atom is 0.164 e. The Balaban J connectivity index is 1.54. The summed E-state index contributed by atoms with van der Waals surface area (Å²) in [6.45, 7) is 0. The highest BCUT2D eigenvalue weighted by atomic mass is 16.3. The van der Waals surface area contributed by atoms with Crippen LogP contribution < -0.4 is 0 Å². The van der Waals surface area contributed by atoms with E-state index >= 15 is 0 Å². The Kier molecular flexibility index (Phi) is 2.86. The van der Waals surface area contributed by atoms with Gasteiger partial charge in [0, 0.05) is 33.0 Å². The topological polar surface area (TPSA) is 51.8 Å². The minimum Gasteiger partial charge on any atom is -0.455 e. The van der Waals surface area contributed by atoms with Crippen molar-refractivity contribution < 1.29 is 44.2 Å². The summed E-state index contributed by atoms with van der Waals surface area (Å²) in [5.41, 5.74) is -9.36. The predicted octanol–water partition coefficient (Wildman–Crippen LogP) is 11.8. The molecule has 0 N–H and O–H groups in total. The molecule has 230 valence electrons. The molecule has 0 aliphatic carbocycles. The minimum absolute atomic E-state index is 0.488. The summed E-state index contributed by atoms with van der Waals surface area (Å²) in [5.74, 6) is -2.86. The maximum absolute atomic E-state index is 9.91. The lowest BCUT2D eigenvalue weighted by Crippen LogP contribution is -2.00. The Hall–Kier alpha value is -6.65. The van der Waals surface area contributed by atoms with E-state index in [0.717, 1.165) is 0 Å². The van der Waals surface area contributed by atoms with E-state index in [1.54, 1.807) is 0 Å². The van der Waals surface area contributed by atoms with Crippen molar-refractivity contribution in [1.82, 2.24) is 15.0 Å². The van der Waals surface area contributed by atoms with Crippen LogP contribution in [0.4, 0.5) is 0 Å². The summed E-state index contributed by atoms with van der Waals surface area (Å²) in [7, 11) is 0. The van der Waals surface area contributed by atoms with Crippen molar-refractivity contribution in [2.24, 2.45) is 0 Å². The standard InChI is InChI=1S/C45H29N3O/c1-4-13-30(14-5-1)31-23-25-32(26-24-31)35-27-36(38-20-12-21-40-39-19-10-11-22-41(39)49-42(38)40)29-37(28-35)45-47-43(33-15-6-2-7-16-33)46-44(48-45)34-17-8-3-9-18-34/h1-29H/i1D,2D,3D,4D,5D,6D,7D,8D,9D,10D,11D,12D,13D,14D,15D,16D,17D,18D,19D,20D,21D,22D,23D,24D,25D,26D,27D,28D,29D. The van der Waals surface area contributed by atoms with Crippen LogP contribution in [0.5, 0.6) is 0 Å². The highest BCUT2D eigenvalue weighted by Crippen LogP contribution is 2.39. The fraction of sp³-hybridized carbons (Fsp3) is 0. The molecule has 9 rings (SSSR count). The fourth-order valence-corrected chi connectivity index (χ4v) is 4.71. The number of benzene rings is 7. The number of hydrogen-bond donors (Lipinski definition) is 0. The van der Waals surface area contributed by atoms with Crippen molar-refractivity contribution in [2.45, 2.75) is 0 Å². The maximum atomic E-state index is 9.91. The lowest BCUT2D eigenvalue weighted by Gasteiger charge is -2.13. The van der Waals surface area contributed by atoms with Crippen molar-refractivity contribution in [1.29, 1.82) is 0 Å². The molecule has 4 nitrogen and oxygen atoms in total. The number of fused-ring (bicyclic) bond motifs is 3. The molecule has 0 saturated carbocycles. The summed E-state index contributed by atoms with van der Waals surface area (Å²) in [6.07, 6.45) is 0. The van der Waals surface area contributed by atoms with Crippen LogP contribution in [0.2, 0.25) is 0 Å². The van der Waals surface area contributed by atoms with E-state index in [9.17, 15) is 11.0 Å². The number of nitrogens with zero attached hydrogens (tertiary/aromatic N) is 3. The van der Waals surface area contributed by atoms with Gasteiger partial charge in [0.15, 0.2) is 17.5 Å². The predicted molar refractivity (Wildman–Crippen MR) is 200 cm³/mol. The lowest BCUT2D eigenvalue weighted by atomic mass is 9.94. The van der Waals surface area contributed by atoms with Gasteiger partial charge in [-0.1, -0.05) is 151 Å². The molecule has 0 unspecified atom stereocenters. The first-order valence-electron chi connectivity index (χ1n) is 28.5. The first-order chi connectivity index (χ1) is 36.3. The van der Waals surface area contributed by atoms with Crippen LogP contribution in [-0.4, -0.2) is 15.0 Å². The number of para-hydroxylation sites is 2. The Morgan fingerprint density at radius 2 is 0.796 bits per heavy atom. The number of furan rings is 1. The summed E-state index contributed by atoms with van der Waals surface area (Å²) < 4.78 is 261. The largest absolute Gasteiger partial charge is 0.455 e. The molecule has 0 bridgehead atoms. The van der Waals surface area contributed by atoms with Crippen LogP contribution >= 0.6 is 0 Å². The van der Waals surface area contributed by atoms with Gasteiger partial charge >= 0.3 is 0 Å². The van der Waals surface area contributed by atoms with Gasteiger partial charge in [-0.05, 0) is 52.0 Å². The number of aromatic nitrogens is 3. The fourth-order valence-electron chi connectivity index (χ4n) is 4.71.